The van der Waals surface area contributed by atoms with Crippen molar-refractivity contribution < 1.29 is 13.2 Å². The Hall–Kier alpha value is -8.63. The predicted molar refractivity (Wildman–Crippen MR) is 235 cm³/mol. The molecule has 7 aromatic carbocycles. The molecule has 1 aliphatic rings. The average Bonchev–Trinajstić information content (AvgIpc) is 3.82. The van der Waals surface area contributed by atoms with Crippen molar-refractivity contribution >= 4 is 38.8 Å². The Morgan fingerprint density at radius 1 is 0.484 bits per heavy atom. The zero-order chi connectivity index (χ0) is 42.7. The number of hydrogen-bond donors (Lipinski definition) is 0. The molecule has 0 amide bonds. The van der Waals surface area contributed by atoms with Gasteiger partial charge in [0.1, 0.15) is 6.07 Å². The molecule has 0 atom stereocenters. The molecular weight excluding hydrogens is 778 g/mol. The highest BCUT2D eigenvalue weighted by molar-refractivity contribution is 6.11. The van der Waals surface area contributed by atoms with Gasteiger partial charge in [-0.15, -0.1) is 0 Å². The van der Waals surface area contributed by atoms with Crippen molar-refractivity contribution in [1.29, 1.82) is 21.0 Å². The fraction of sp³-hybridized carbons (Fsp3) is 0.0566. The van der Waals surface area contributed by atoms with Crippen LogP contribution in [0.3, 0.4) is 0 Å². The third-order valence-corrected chi connectivity index (χ3v) is 11.7. The van der Waals surface area contributed by atoms with E-state index in [2.05, 4.69) is 36.4 Å². The average molecular weight is 807 g/mol. The molecule has 0 bridgehead atoms. The van der Waals surface area contributed by atoms with Crippen LogP contribution in [0.4, 0.5) is 13.2 Å². The molecule has 9 heteroatoms. The SMILES string of the molecule is N#Cc1ccc(-c2ccc3c(c2)c2c(n3-c3cc(-c4cc(C#N)cc(C(F)(F)F)c4)c(-n4c5ccccc5c5cc(-c6ccc(C#N)cc6)ccc54)cc3C#N)C=CCC2)cc1. The van der Waals surface area contributed by atoms with E-state index in [1.165, 1.54) is 6.07 Å². The van der Waals surface area contributed by atoms with E-state index in [4.69, 9.17) is 0 Å². The lowest BCUT2D eigenvalue weighted by Crippen LogP contribution is -2.08. The summed E-state index contributed by atoms with van der Waals surface area (Å²) in [5, 5.41) is 42.6. The van der Waals surface area contributed by atoms with Crippen molar-refractivity contribution in [2.24, 2.45) is 0 Å². The van der Waals surface area contributed by atoms with Crippen LogP contribution in [-0.2, 0) is 12.6 Å². The van der Waals surface area contributed by atoms with Gasteiger partial charge in [0, 0.05) is 27.4 Å². The van der Waals surface area contributed by atoms with Crippen LogP contribution in [0.15, 0.2) is 146 Å². The van der Waals surface area contributed by atoms with Gasteiger partial charge in [0.25, 0.3) is 0 Å². The molecule has 292 valence electrons. The Morgan fingerprint density at radius 3 is 1.71 bits per heavy atom. The lowest BCUT2D eigenvalue weighted by molar-refractivity contribution is -0.137. The molecule has 9 aromatic rings. The van der Waals surface area contributed by atoms with E-state index in [0.717, 1.165) is 91.2 Å². The Labute approximate surface area is 353 Å². The van der Waals surface area contributed by atoms with Crippen molar-refractivity contribution in [3.8, 4) is 69.0 Å². The third kappa shape index (κ3) is 6.17. The normalized spacial score (nSPS) is 12.2. The number of fused-ring (bicyclic) bond motifs is 6. The van der Waals surface area contributed by atoms with Gasteiger partial charge < -0.3 is 9.13 Å². The number of aromatic nitrogens is 2. The number of benzene rings is 7. The summed E-state index contributed by atoms with van der Waals surface area (Å²) in [6, 6.07) is 50.2. The van der Waals surface area contributed by atoms with Crippen LogP contribution >= 0.6 is 0 Å². The summed E-state index contributed by atoms with van der Waals surface area (Å²) < 4.78 is 47.8. The van der Waals surface area contributed by atoms with E-state index >= 15 is 0 Å². The largest absolute Gasteiger partial charge is 0.416 e. The van der Waals surface area contributed by atoms with Crippen molar-refractivity contribution in [2.75, 3.05) is 0 Å². The maximum absolute atomic E-state index is 14.6. The summed E-state index contributed by atoms with van der Waals surface area (Å²) >= 11 is 0. The first-order valence-electron chi connectivity index (χ1n) is 19.8. The summed E-state index contributed by atoms with van der Waals surface area (Å²) in [7, 11) is 0. The number of halogens is 3. The summed E-state index contributed by atoms with van der Waals surface area (Å²) in [5.41, 5.74) is 9.82. The molecule has 10 rings (SSSR count). The molecule has 1 aliphatic carbocycles. The molecule has 6 nitrogen and oxygen atoms in total. The standard InChI is InChI=1S/C53H29F3N6/c54-53(55,56)41-22-34(30-59)21-39(23-41)44-27-51(61-47-7-3-1-5-42(47)45-24-37(17-19-49(45)61)35-13-9-32(28-57)10-14-35)40(31-60)26-52(44)62-48-8-4-2-6-43(48)46-25-38(18-20-50(46)62)36-15-11-33(29-58)12-16-36/h2-4,6-27H,1,5H2. The molecule has 0 saturated carbocycles. The Kier molecular flexibility index (Phi) is 8.85. The topological polar surface area (TPSA) is 105 Å². The van der Waals surface area contributed by atoms with Gasteiger partial charge in [-0.05, 0) is 137 Å². The molecular formula is C53H29F3N6. The van der Waals surface area contributed by atoms with Crippen LogP contribution in [0, 0.1) is 45.3 Å². The van der Waals surface area contributed by atoms with Gasteiger partial charge in [0.2, 0.25) is 0 Å². The first-order chi connectivity index (χ1) is 30.2. The van der Waals surface area contributed by atoms with Crippen molar-refractivity contribution in [1.82, 2.24) is 9.13 Å². The monoisotopic (exact) mass is 806 g/mol. The summed E-state index contributed by atoms with van der Waals surface area (Å²) in [6.45, 7) is 0. The van der Waals surface area contributed by atoms with Crippen LogP contribution in [-0.4, -0.2) is 9.13 Å². The number of para-hydroxylation sites is 1. The highest BCUT2D eigenvalue weighted by atomic mass is 19.4. The smallest absolute Gasteiger partial charge is 0.309 e. The molecule has 0 aliphatic heterocycles. The van der Waals surface area contributed by atoms with E-state index in [9.17, 15) is 34.2 Å². The molecule has 2 heterocycles. The first kappa shape index (κ1) is 37.6. The van der Waals surface area contributed by atoms with Gasteiger partial charge in [-0.2, -0.15) is 34.2 Å². The lowest BCUT2D eigenvalue weighted by Gasteiger charge is -2.20. The van der Waals surface area contributed by atoms with Crippen LogP contribution in [0.2, 0.25) is 0 Å². The second kappa shape index (κ2) is 14.6. The number of alkyl halides is 3. The molecule has 0 fully saturated rings. The van der Waals surface area contributed by atoms with E-state index in [1.807, 2.05) is 94.1 Å². The van der Waals surface area contributed by atoms with Crippen LogP contribution in [0.1, 0.15) is 45.5 Å². The number of hydrogen-bond acceptors (Lipinski definition) is 4. The zero-order valence-electron chi connectivity index (χ0n) is 32.7. The van der Waals surface area contributed by atoms with E-state index in [0.29, 0.717) is 33.6 Å². The number of rotatable bonds is 5. The number of allylic oxidation sites excluding steroid dienone is 1. The van der Waals surface area contributed by atoms with Crippen molar-refractivity contribution in [3.05, 3.63) is 185 Å². The summed E-state index contributed by atoms with van der Waals surface area (Å²) in [6.07, 6.45) is 0.926. The highest BCUT2D eigenvalue weighted by Crippen LogP contribution is 2.44. The fourth-order valence-corrected chi connectivity index (χ4v) is 8.84. The Balaban J connectivity index is 1.27. The van der Waals surface area contributed by atoms with Crippen molar-refractivity contribution in [3.63, 3.8) is 0 Å². The molecule has 2 aromatic heterocycles. The van der Waals surface area contributed by atoms with Crippen LogP contribution in [0.5, 0.6) is 0 Å². The van der Waals surface area contributed by atoms with Crippen LogP contribution < -0.4 is 0 Å². The van der Waals surface area contributed by atoms with Gasteiger partial charge in [-0.3, -0.25) is 0 Å². The van der Waals surface area contributed by atoms with Crippen molar-refractivity contribution in [2.45, 2.75) is 19.0 Å². The quantitative estimate of drug-likeness (QED) is 0.173. The van der Waals surface area contributed by atoms with Gasteiger partial charge in [-0.25, -0.2) is 0 Å². The van der Waals surface area contributed by atoms with E-state index in [-0.39, 0.29) is 11.1 Å². The summed E-state index contributed by atoms with van der Waals surface area (Å²) in [4.78, 5) is 0. The second-order valence-corrected chi connectivity index (χ2v) is 15.2. The Bertz CT molecular complexity index is 3540. The van der Waals surface area contributed by atoms with Gasteiger partial charge >= 0.3 is 6.18 Å². The van der Waals surface area contributed by atoms with Gasteiger partial charge in [0.15, 0.2) is 0 Å². The molecule has 0 N–H and O–H groups in total. The lowest BCUT2D eigenvalue weighted by atomic mass is 9.95. The third-order valence-electron chi connectivity index (χ3n) is 11.7. The molecule has 0 saturated heterocycles. The minimum Gasteiger partial charge on any atom is -0.309 e. The minimum absolute atomic E-state index is 0.150. The number of aryl methyl sites for hydroxylation is 1. The van der Waals surface area contributed by atoms with Gasteiger partial charge in [-0.1, -0.05) is 60.7 Å². The highest BCUT2D eigenvalue weighted by Gasteiger charge is 2.32. The maximum atomic E-state index is 14.6. The second-order valence-electron chi connectivity index (χ2n) is 15.2. The van der Waals surface area contributed by atoms with E-state index < -0.39 is 11.7 Å². The zero-order valence-corrected chi connectivity index (χ0v) is 32.7. The number of nitriles is 4. The molecule has 0 unspecified atom stereocenters. The minimum atomic E-state index is -4.74. The predicted octanol–water partition coefficient (Wildman–Crippen LogP) is 13.2. The maximum Gasteiger partial charge on any atom is 0.416 e. The van der Waals surface area contributed by atoms with Gasteiger partial charge in [0.05, 0.1) is 73.9 Å². The van der Waals surface area contributed by atoms with E-state index in [1.54, 1.807) is 36.4 Å². The Morgan fingerprint density at radius 2 is 1.08 bits per heavy atom. The molecule has 0 radical (unpaired) electrons. The molecule has 0 spiro atoms. The fourth-order valence-electron chi connectivity index (χ4n) is 8.84. The van der Waals surface area contributed by atoms with Crippen LogP contribution in [0.25, 0.3) is 83.5 Å². The molecule has 62 heavy (non-hydrogen) atoms. The first-order valence-corrected chi connectivity index (χ1v) is 19.8. The number of nitrogens with zero attached hydrogens (tertiary/aromatic N) is 6. The summed E-state index contributed by atoms with van der Waals surface area (Å²) in [5.74, 6) is 0.